The van der Waals surface area contributed by atoms with Crippen LogP contribution in [0.1, 0.15) is 43.0 Å². The average Bonchev–Trinajstić information content (AvgIpc) is 2.86. The maximum atomic E-state index is 12.3. The molecule has 2 aromatic rings. The van der Waals surface area contributed by atoms with Crippen LogP contribution in [0.25, 0.3) is 0 Å². The second-order valence-corrected chi connectivity index (χ2v) is 8.96. The number of anilines is 4. The van der Waals surface area contributed by atoms with Crippen molar-refractivity contribution in [3.63, 3.8) is 0 Å². The maximum Gasteiger partial charge on any atom is 0.256 e. The van der Waals surface area contributed by atoms with Gasteiger partial charge in [-0.25, -0.2) is 4.98 Å². The van der Waals surface area contributed by atoms with Crippen LogP contribution in [0.4, 0.5) is 23.1 Å². The van der Waals surface area contributed by atoms with E-state index in [-0.39, 0.29) is 23.9 Å². The Morgan fingerprint density at radius 2 is 1.71 bits per heavy atom. The first kappa shape index (κ1) is 23.7. The molecule has 2 heterocycles. The first-order valence-electron chi connectivity index (χ1n) is 11.9. The van der Waals surface area contributed by atoms with Crippen molar-refractivity contribution in [2.24, 2.45) is 5.73 Å². The minimum atomic E-state index is -0.226. The van der Waals surface area contributed by atoms with Gasteiger partial charge in [-0.15, -0.1) is 0 Å². The number of hydrogen-bond donors (Lipinski definition) is 4. The molecule has 1 aromatic carbocycles. The van der Waals surface area contributed by atoms with Gasteiger partial charge in [0, 0.05) is 69.8 Å². The molecule has 1 saturated carbocycles. The van der Waals surface area contributed by atoms with Crippen molar-refractivity contribution in [3.8, 4) is 0 Å². The van der Waals surface area contributed by atoms with E-state index in [1.807, 2.05) is 17.0 Å². The molecule has 1 aliphatic heterocycles. The summed E-state index contributed by atoms with van der Waals surface area (Å²) in [5, 5.41) is 9.33. The Balaban J connectivity index is 1.43. The van der Waals surface area contributed by atoms with E-state index in [0.29, 0.717) is 17.3 Å². The molecule has 4 rings (SSSR count). The van der Waals surface area contributed by atoms with Gasteiger partial charge in [0.05, 0.1) is 0 Å². The summed E-state index contributed by atoms with van der Waals surface area (Å²) in [6.45, 7) is 4.73. The van der Waals surface area contributed by atoms with Gasteiger partial charge in [-0.1, -0.05) is 0 Å². The summed E-state index contributed by atoms with van der Waals surface area (Å²) in [7, 11) is 1.60. The Labute approximate surface area is 200 Å². The third-order valence-electron chi connectivity index (χ3n) is 6.59. The fourth-order valence-corrected chi connectivity index (χ4v) is 4.47. The van der Waals surface area contributed by atoms with Gasteiger partial charge in [0.1, 0.15) is 11.4 Å². The lowest BCUT2D eigenvalue weighted by Gasteiger charge is -2.35. The molecular weight excluding hydrogens is 432 g/mol. The molecule has 2 amide bonds. The monoisotopic (exact) mass is 466 g/mol. The number of rotatable bonds is 6. The normalized spacial score (nSPS) is 20.6. The van der Waals surface area contributed by atoms with Gasteiger partial charge in [0.25, 0.3) is 5.91 Å². The summed E-state index contributed by atoms with van der Waals surface area (Å²) in [6.07, 6.45) is 5.36. The molecule has 34 heavy (non-hydrogen) atoms. The van der Waals surface area contributed by atoms with E-state index >= 15 is 0 Å². The van der Waals surface area contributed by atoms with Crippen molar-refractivity contribution in [1.82, 2.24) is 20.2 Å². The lowest BCUT2D eigenvalue weighted by atomic mass is 9.92. The highest BCUT2D eigenvalue weighted by atomic mass is 16.2. The van der Waals surface area contributed by atoms with Crippen LogP contribution in [0.5, 0.6) is 0 Å². The average molecular weight is 467 g/mol. The van der Waals surface area contributed by atoms with Crippen molar-refractivity contribution >= 4 is 35.0 Å². The number of piperazine rings is 1. The lowest BCUT2D eigenvalue weighted by molar-refractivity contribution is -0.129. The molecule has 2 fully saturated rings. The molecule has 0 radical (unpaired) electrons. The summed E-state index contributed by atoms with van der Waals surface area (Å²) < 4.78 is 0. The second kappa shape index (κ2) is 10.7. The van der Waals surface area contributed by atoms with Crippen LogP contribution in [0.15, 0.2) is 30.5 Å². The molecule has 0 bridgehead atoms. The number of nitrogens with zero attached hydrogens (tertiary/aromatic N) is 4. The summed E-state index contributed by atoms with van der Waals surface area (Å²) in [5.74, 6) is 0.848. The molecular formula is C24H34N8O2. The third-order valence-corrected chi connectivity index (χ3v) is 6.59. The van der Waals surface area contributed by atoms with E-state index in [1.54, 1.807) is 20.2 Å². The number of aromatic nitrogens is 2. The molecule has 5 N–H and O–H groups in total. The SMILES string of the molecule is CNC(=O)c1cnc(Nc2ccc(N3CCN(C(C)=O)CC3)cc2)nc1N[C@H]1CC[C@@H](N)CC1. The number of carbonyl (C=O) groups excluding carboxylic acids is 2. The molecule has 0 atom stereocenters. The fraction of sp³-hybridized carbons (Fsp3) is 0.500. The predicted molar refractivity (Wildman–Crippen MR) is 133 cm³/mol. The Morgan fingerprint density at radius 1 is 1.03 bits per heavy atom. The Morgan fingerprint density at radius 3 is 2.32 bits per heavy atom. The van der Waals surface area contributed by atoms with Gasteiger partial charge in [-0.2, -0.15) is 4.98 Å². The molecule has 1 saturated heterocycles. The van der Waals surface area contributed by atoms with Crippen molar-refractivity contribution in [2.75, 3.05) is 48.8 Å². The Bertz CT molecular complexity index is 997. The van der Waals surface area contributed by atoms with Crippen molar-refractivity contribution < 1.29 is 9.59 Å². The quantitative estimate of drug-likeness (QED) is 0.508. The number of nitrogens with two attached hydrogens (primary N) is 1. The van der Waals surface area contributed by atoms with Gasteiger partial charge in [-0.05, 0) is 49.9 Å². The molecule has 182 valence electrons. The van der Waals surface area contributed by atoms with E-state index in [2.05, 4.69) is 43.0 Å². The Kier molecular flexibility index (Phi) is 7.46. The van der Waals surface area contributed by atoms with E-state index in [1.165, 1.54) is 0 Å². The van der Waals surface area contributed by atoms with Crippen LogP contribution in [-0.2, 0) is 4.79 Å². The minimum absolute atomic E-state index is 0.127. The summed E-state index contributed by atoms with van der Waals surface area (Å²) in [4.78, 5) is 37.0. The minimum Gasteiger partial charge on any atom is -0.368 e. The first-order chi connectivity index (χ1) is 16.4. The molecule has 1 aromatic heterocycles. The number of benzene rings is 1. The van der Waals surface area contributed by atoms with Crippen LogP contribution in [0.3, 0.4) is 0 Å². The van der Waals surface area contributed by atoms with Crippen LogP contribution in [-0.4, -0.2) is 72.0 Å². The van der Waals surface area contributed by atoms with Crippen molar-refractivity contribution in [3.05, 3.63) is 36.0 Å². The van der Waals surface area contributed by atoms with Crippen LogP contribution in [0, 0.1) is 0 Å². The van der Waals surface area contributed by atoms with Gasteiger partial charge >= 0.3 is 0 Å². The standard InChI is InChI=1S/C24H34N8O2/c1-16(33)31-11-13-32(14-12-31)20-9-7-19(8-10-20)29-24-27-15-21(23(34)26-2)22(30-24)28-18-5-3-17(25)4-6-18/h7-10,15,17-18H,3-6,11-14,25H2,1-2H3,(H,26,34)(H2,27,28,29,30)/t17-,18+. The van der Waals surface area contributed by atoms with Crippen molar-refractivity contribution in [1.29, 1.82) is 0 Å². The summed E-state index contributed by atoms with van der Waals surface area (Å²) >= 11 is 0. The second-order valence-electron chi connectivity index (χ2n) is 8.96. The largest absolute Gasteiger partial charge is 0.368 e. The maximum absolute atomic E-state index is 12.3. The smallest absolute Gasteiger partial charge is 0.256 e. The van der Waals surface area contributed by atoms with Crippen molar-refractivity contribution in [2.45, 2.75) is 44.7 Å². The topological polar surface area (TPSA) is 129 Å². The van der Waals surface area contributed by atoms with E-state index in [9.17, 15) is 9.59 Å². The predicted octanol–water partition coefficient (Wildman–Crippen LogP) is 1.93. The number of nitrogens with one attached hydrogen (secondary N) is 3. The van der Waals surface area contributed by atoms with Gasteiger partial charge in [0.2, 0.25) is 11.9 Å². The fourth-order valence-electron chi connectivity index (χ4n) is 4.47. The molecule has 10 heteroatoms. The van der Waals surface area contributed by atoms with Crippen LogP contribution < -0.4 is 26.6 Å². The summed E-state index contributed by atoms with van der Waals surface area (Å²) in [5.41, 5.74) is 8.42. The van der Waals surface area contributed by atoms with E-state index in [4.69, 9.17) is 5.73 Å². The highest BCUT2D eigenvalue weighted by Crippen LogP contribution is 2.25. The van der Waals surface area contributed by atoms with Gasteiger partial charge in [-0.3, -0.25) is 9.59 Å². The van der Waals surface area contributed by atoms with E-state index in [0.717, 1.165) is 63.2 Å². The molecule has 0 unspecified atom stereocenters. The first-order valence-corrected chi connectivity index (χ1v) is 11.9. The molecule has 2 aliphatic rings. The third kappa shape index (κ3) is 5.74. The number of hydrogen-bond acceptors (Lipinski definition) is 8. The highest BCUT2D eigenvalue weighted by molar-refractivity contribution is 5.98. The van der Waals surface area contributed by atoms with Crippen LogP contribution in [0.2, 0.25) is 0 Å². The lowest BCUT2D eigenvalue weighted by Crippen LogP contribution is -2.48. The van der Waals surface area contributed by atoms with Crippen LogP contribution >= 0.6 is 0 Å². The summed E-state index contributed by atoms with van der Waals surface area (Å²) in [6, 6.07) is 8.55. The number of carbonyl (C=O) groups is 2. The Hall–Kier alpha value is -3.40. The number of amides is 2. The van der Waals surface area contributed by atoms with Gasteiger partial charge < -0.3 is 31.5 Å². The van der Waals surface area contributed by atoms with E-state index < -0.39 is 0 Å². The molecule has 10 nitrogen and oxygen atoms in total. The zero-order valence-electron chi connectivity index (χ0n) is 19.9. The molecule has 1 aliphatic carbocycles. The van der Waals surface area contributed by atoms with Gasteiger partial charge in [0.15, 0.2) is 0 Å². The molecule has 0 spiro atoms. The highest BCUT2D eigenvalue weighted by Gasteiger charge is 2.22. The zero-order chi connectivity index (χ0) is 24.1. The zero-order valence-corrected chi connectivity index (χ0v) is 19.9.